The van der Waals surface area contributed by atoms with Crippen molar-refractivity contribution < 1.29 is 49.8 Å². The van der Waals surface area contributed by atoms with Crippen LogP contribution in [0.3, 0.4) is 0 Å². The van der Waals surface area contributed by atoms with E-state index in [1.807, 2.05) is 0 Å². The van der Waals surface area contributed by atoms with Gasteiger partial charge in [-0.1, -0.05) is 60.0 Å². The van der Waals surface area contributed by atoms with Crippen molar-refractivity contribution in [2.75, 3.05) is 0 Å². The molecule has 33 heavy (non-hydrogen) atoms. The summed E-state index contributed by atoms with van der Waals surface area (Å²) in [5.74, 6) is -5.71. The summed E-state index contributed by atoms with van der Waals surface area (Å²) in [6.07, 6.45) is 0. The van der Waals surface area contributed by atoms with Crippen LogP contribution in [0.5, 0.6) is 11.5 Å². The van der Waals surface area contributed by atoms with Gasteiger partial charge < -0.3 is 30.6 Å². The smallest absolute Gasteiger partial charge is 0.872 e. The molecule has 0 aromatic heterocycles. The Morgan fingerprint density at radius 3 is 0.848 bits per heavy atom. The third-order valence-corrected chi connectivity index (χ3v) is 3.62. The second-order valence-corrected chi connectivity index (χ2v) is 5.76. The van der Waals surface area contributed by atoms with E-state index in [2.05, 4.69) is 0 Å². The molecule has 0 radical (unpaired) electrons. The SMILES string of the molecule is O=C(O)c1ccccc1C(=O)O.O=C(O)c1ccccc1[O-].O=C(O)c1ccccc1[O-].[Sr+2]. The summed E-state index contributed by atoms with van der Waals surface area (Å²) in [5, 5.41) is 55.2. The Morgan fingerprint density at radius 1 is 0.455 bits per heavy atom. The molecule has 0 saturated heterocycles. The van der Waals surface area contributed by atoms with Gasteiger partial charge in [0, 0.05) is 0 Å². The maximum Gasteiger partial charge on any atom is 2.00 e. The van der Waals surface area contributed by atoms with E-state index >= 15 is 0 Å². The topological polar surface area (TPSA) is 195 Å². The van der Waals surface area contributed by atoms with Crippen molar-refractivity contribution in [1.29, 1.82) is 0 Å². The Morgan fingerprint density at radius 2 is 0.667 bits per heavy atom. The second kappa shape index (κ2) is 14.6. The van der Waals surface area contributed by atoms with E-state index < -0.39 is 35.4 Å². The second-order valence-electron chi connectivity index (χ2n) is 5.76. The number of carbonyl (C=O) groups is 4. The summed E-state index contributed by atoms with van der Waals surface area (Å²) in [7, 11) is 0. The molecule has 3 aromatic carbocycles. The molecule has 11 heteroatoms. The zero-order valence-electron chi connectivity index (χ0n) is 16.9. The predicted octanol–water partition coefficient (Wildman–Crippen LogP) is 1.62. The molecule has 0 unspecified atom stereocenters. The maximum atomic E-state index is 10.7. The molecule has 0 bridgehead atoms. The fraction of sp³-hybridized carbons (Fsp3) is 0. The molecule has 10 nitrogen and oxygen atoms in total. The Hall–Kier alpha value is -3.38. The van der Waals surface area contributed by atoms with E-state index in [1.165, 1.54) is 72.8 Å². The van der Waals surface area contributed by atoms with Gasteiger partial charge in [0.05, 0.1) is 22.3 Å². The average molecular weight is 528 g/mol. The summed E-state index contributed by atoms with van der Waals surface area (Å²) in [5.41, 5.74) is -0.736. The van der Waals surface area contributed by atoms with Crippen LogP contribution >= 0.6 is 0 Å². The summed E-state index contributed by atoms with van der Waals surface area (Å²) < 4.78 is 0. The fourth-order valence-corrected chi connectivity index (χ4v) is 2.14. The quantitative estimate of drug-likeness (QED) is 0.362. The van der Waals surface area contributed by atoms with Crippen molar-refractivity contribution in [1.82, 2.24) is 0 Å². The van der Waals surface area contributed by atoms with Gasteiger partial charge in [0.2, 0.25) is 0 Å². The van der Waals surface area contributed by atoms with Crippen LogP contribution in [-0.2, 0) is 0 Å². The number of para-hydroxylation sites is 2. The van der Waals surface area contributed by atoms with Crippen LogP contribution in [0.25, 0.3) is 0 Å². The molecule has 3 aromatic rings. The molecular weight excluding hydrogens is 512 g/mol. The summed E-state index contributed by atoms with van der Waals surface area (Å²) in [4.78, 5) is 41.4. The van der Waals surface area contributed by atoms with E-state index in [0.29, 0.717) is 0 Å². The fourth-order valence-electron chi connectivity index (χ4n) is 2.14. The third kappa shape index (κ3) is 9.75. The third-order valence-electron chi connectivity index (χ3n) is 3.62. The van der Waals surface area contributed by atoms with Crippen molar-refractivity contribution in [2.45, 2.75) is 0 Å². The number of carboxylic acid groups (broad SMARTS) is 4. The minimum atomic E-state index is -1.23. The van der Waals surface area contributed by atoms with Gasteiger partial charge in [0.1, 0.15) is 0 Å². The van der Waals surface area contributed by atoms with Gasteiger partial charge in [-0.25, -0.2) is 19.2 Å². The molecule has 0 fully saturated rings. The van der Waals surface area contributed by atoms with Crippen LogP contribution in [0.2, 0.25) is 0 Å². The molecule has 0 atom stereocenters. The van der Waals surface area contributed by atoms with Crippen LogP contribution in [0.15, 0.2) is 72.8 Å². The molecule has 0 amide bonds. The molecular formula is C22H16O10Sr. The molecule has 0 spiro atoms. The van der Waals surface area contributed by atoms with E-state index in [-0.39, 0.29) is 67.7 Å². The van der Waals surface area contributed by atoms with Gasteiger partial charge in [-0.2, -0.15) is 0 Å². The average Bonchev–Trinajstić information content (AvgIpc) is 2.75. The Balaban J connectivity index is 0.000000461. The number of benzene rings is 3. The normalized spacial score (nSPS) is 8.97. The standard InChI is InChI=1S/C8H6O4.2C7H6O3.Sr/c9-7(10)5-3-1-2-4-6(5)8(11)12;2*8-6-4-2-1-3-5(6)7(9)10;/h1-4H,(H,9,10)(H,11,12);2*1-4,8H,(H,9,10);/q;;;+2/p-2. The summed E-state index contributed by atoms with van der Waals surface area (Å²) in [6.45, 7) is 0. The molecule has 0 saturated carbocycles. The van der Waals surface area contributed by atoms with E-state index in [0.717, 1.165) is 0 Å². The minimum absolute atomic E-state index is 0. The van der Waals surface area contributed by atoms with Crippen molar-refractivity contribution in [2.24, 2.45) is 0 Å². The van der Waals surface area contributed by atoms with Gasteiger partial charge in [0.25, 0.3) is 0 Å². The minimum Gasteiger partial charge on any atom is -0.872 e. The number of hydrogen-bond acceptors (Lipinski definition) is 6. The monoisotopic (exact) mass is 528 g/mol. The first kappa shape index (κ1) is 29.6. The number of hydrogen-bond donors (Lipinski definition) is 4. The van der Waals surface area contributed by atoms with Crippen LogP contribution < -0.4 is 10.2 Å². The van der Waals surface area contributed by atoms with Crippen molar-refractivity contribution in [3.05, 3.63) is 95.1 Å². The summed E-state index contributed by atoms with van der Waals surface area (Å²) >= 11 is 0. The number of carboxylic acids is 4. The molecule has 0 aliphatic rings. The first-order chi connectivity index (χ1) is 15.1. The Labute approximate surface area is 224 Å². The van der Waals surface area contributed by atoms with E-state index in [4.69, 9.17) is 20.4 Å². The van der Waals surface area contributed by atoms with Crippen molar-refractivity contribution in [3.63, 3.8) is 0 Å². The molecule has 0 aliphatic heterocycles. The molecule has 4 N–H and O–H groups in total. The van der Waals surface area contributed by atoms with E-state index in [9.17, 15) is 29.4 Å². The van der Waals surface area contributed by atoms with Crippen LogP contribution in [-0.4, -0.2) is 89.8 Å². The zero-order valence-corrected chi connectivity index (χ0v) is 20.3. The van der Waals surface area contributed by atoms with Crippen LogP contribution in [0.1, 0.15) is 41.4 Å². The maximum absolute atomic E-state index is 10.7. The number of rotatable bonds is 4. The molecule has 3 rings (SSSR count). The predicted molar refractivity (Wildman–Crippen MR) is 112 cm³/mol. The van der Waals surface area contributed by atoms with Crippen molar-refractivity contribution in [3.8, 4) is 11.5 Å². The first-order valence-corrected chi connectivity index (χ1v) is 8.60. The van der Waals surface area contributed by atoms with E-state index in [1.54, 1.807) is 0 Å². The van der Waals surface area contributed by atoms with Gasteiger partial charge >= 0.3 is 69.4 Å². The zero-order chi connectivity index (χ0) is 24.3. The van der Waals surface area contributed by atoms with Gasteiger partial charge in [-0.05, 0) is 24.3 Å². The van der Waals surface area contributed by atoms with Crippen LogP contribution in [0, 0.1) is 0 Å². The Kier molecular flexibility index (Phi) is 13.1. The first-order valence-electron chi connectivity index (χ1n) is 8.60. The van der Waals surface area contributed by atoms with Gasteiger partial charge in [-0.3, -0.25) is 0 Å². The summed E-state index contributed by atoms with van der Waals surface area (Å²) in [6, 6.07) is 16.5. The Bertz CT molecular complexity index is 1040. The number of aromatic carboxylic acids is 4. The van der Waals surface area contributed by atoms with Crippen molar-refractivity contribution >= 4 is 69.4 Å². The molecule has 0 aliphatic carbocycles. The van der Waals surface area contributed by atoms with Gasteiger partial charge in [-0.15, -0.1) is 0 Å². The molecule has 0 heterocycles. The van der Waals surface area contributed by atoms with Crippen LogP contribution in [0.4, 0.5) is 0 Å². The largest absolute Gasteiger partial charge is 2.00 e. The molecule has 166 valence electrons. The van der Waals surface area contributed by atoms with Gasteiger partial charge in [0.15, 0.2) is 0 Å².